The second-order valence-electron chi connectivity index (χ2n) is 4.94. The van der Waals surface area contributed by atoms with E-state index < -0.39 is 0 Å². The molecule has 2 rings (SSSR count). The van der Waals surface area contributed by atoms with Crippen molar-refractivity contribution in [2.45, 2.75) is 26.7 Å². The monoisotopic (exact) mass is 245 g/mol. The third-order valence-corrected chi connectivity index (χ3v) is 2.85. The number of rotatable bonds is 5. The minimum absolute atomic E-state index is 0.117. The number of H-pyrrole nitrogens is 1. The van der Waals surface area contributed by atoms with E-state index in [1.807, 2.05) is 38.2 Å². The van der Waals surface area contributed by atoms with Crippen LogP contribution in [0.25, 0.3) is 10.9 Å². The maximum Gasteiger partial charge on any atom is 0.306 e. The van der Waals surface area contributed by atoms with Gasteiger partial charge in [0.25, 0.3) is 0 Å². The second-order valence-corrected chi connectivity index (χ2v) is 4.94. The van der Waals surface area contributed by atoms with Crippen molar-refractivity contribution in [1.82, 2.24) is 4.98 Å². The lowest BCUT2D eigenvalue weighted by Gasteiger charge is -2.06. The average molecular weight is 245 g/mol. The Morgan fingerprint density at radius 1 is 1.33 bits per heavy atom. The molecule has 96 valence electrons. The number of aromatic nitrogens is 1. The fourth-order valence-electron chi connectivity index (χ4n) is 1.91. The molecular weight excluding hydrogens is 226 g/mol. The molecule has 2 aromatic rings. The summed E-state index contributed by atoms with van der Waals surface area (Å²) >= 11 is 0. The van der Waals surface area contributed by atoms with Crippen LogP contribution in [0, 0.1) is 5.92 Å². The normalized spacial score (nSPS) is 11.1. The first-order chi connectivity index (χ1) is 8.66. The molecule has 0 saturated carbocycles. The Hall–Kier alpha value is -1.77. The van der Waals surface area contributed by atoms with Crippen LogP contribution in [0.1, 0.15) is 25.8 Å². The van der Waals surface area contributed by atoms with Gasteiger partial charge in [-0.05, 0) is 24.0 Å². The van der Waals surface area contributed by atoms with Gasteiger partial charge in [0.2, 0.25) is 0 Å². The van der Waals surface area contributed by atoms with Gasteiger partial charge in [0.1, 0.15) is 0 Å². The van der Waals surface area contributed by atoms with E-state index in [9.17, 15) is 4.79 Å². The molecule has 0 amide bonds. The highest BCUT2D eigenvalue weighted by molar-refractivity contribution is 5.83. The number of para-hydroxylation sites is 1. The first-order valence-electron chi connectivity index (χ1n) is 6.37. The number of carbonyl (C=O) groups excluding carboxylic acids is 1. The van der Waals surface area contributed by atoms with Gasteiger partial charge < -0.3 is 9.72 Å². The molecular formula is C15H19NO2. The molecule has 1 aromatic carbocycles. The molecule has 0 saturated heterocycles. The number of hydrogen-bond acceptors (Lipinski definition) is 2. The van der Waals surface area contributed by atoms with Crippen molar-refractivity contribution >= 4 is 16.9 Å². The zero-order valence-corrected chi connectivity index (χ0v) is 10.9. The number of ether oxygens (including phenoxy) is 1. The van der Waals surface area contributed by atoms with Crippen LogP contribution >= 0.6 is 0 Å². The summed E-state index contributed by atoms with van der Waals surface area (Å²) in [5.41, 5.74) is 2.29. The molecule has 0 bridgehead atoms. The largest absolute Gasteiger partial charge is 0.465 e. The third-order valence-electron chi connectivity index (χ3n) is 2.85. The van der Waals surface area contributed by atoms with Crippen LogP contribution in [0.3, 0.4) is 0 Å². The Balaban J connectivity index is 1.92. The standard InChI is InChI=1S/C15H19NO2/c1-11(2)10-18-15(17)8-7-12-9-16-14-6-4-3-5-13(12)14/h3-6,9,11,16H,7-8,10H2,1-2H3. The van der Waals surface area contributed by atoms with Crippen LogP contribution in [-0.4, -0.2) is 17.6 Å². The van der Waals surface area contributed by atoms with E-state index in [2.05, 4.69) is 11.1 Å². The van der Waals surface area contributed by atoms with Crippen LogP contribution in [0.4, 0.5) is 0 Å². The molecule has 0 radical (unpaired) electrons. The van der Waals surface area contributed by atoms with E-state index >= 15 is 0 Å². The van der Waals surface area contributed by atoms with Gasteiger partial charge in [-0.3, -0.25) is 4.79 Å². The Kier molecular flexibility index (Phi) is 4.03. The van der Waals surface area contributed by atoms with E-state index in [-0.39, 0.29) is 5.97 Å². The van der Waals surface area contributed by atoms with Crippen molar-refractivity contribution in [1.29, 1.82) is 0 Å². The van der Waals surface area contributed by atoms with Gasteiger partial charge in [0.15, 0.2) is 0 Å². The predicted octanol–water partition coefficient (Wildman–Crippen LogP) is 3.30. The van der Waals surface area contributed by atoms with Gasteiger partial charge in [-0.25, -0.2) is 0 Å². The quantitative estimate of drug-likeness (QED) is 0.821. The summed E-state index contributed by atoms with van der Waals surface area (Å²) in [5.74, 6) is 0.274. The molecule has 1 heterocycles. The number of hydrogen-bond donors (Lipinski definition) is 1. The molecule has 0 aliphatic rings. The predicted molar refractivity (Wildman–Crippen MR) is 72.4 cm³/mol. The summed E-state index contributed by atoms with van der Waals surface area (Å²) < 4.78 is 5.16. The lowest BCUT2D eigenvalue weighted by Crippen LogP contribution is -2.10. The van der Waals surface area contributed by atoms with Crippen molar-refractivity contribution in [3.63, 3.8) is 0 Å². The van der Waals surface area contributed by atoms with E-state index in [1.165, 1.54) is 10.9 Å². The number of nitrogens with one attached hydrogen (secondary N) is 1. The number of fused-ring (bicyclic) bond motifs is 1. The zero-order valence-electron chi connectivity index (χ0n) is 10.9. The van der Waals surface area contributed by atoms with Gasteiger partial charge in [-0.1, -0.05) is 32.0 Å². The Morgan fingerprint density at radius 2 is 2.11 bits per heavy atom. The summed E-state index contributed by atoms with van der Waals surface area (Å²) in [6, 6.07) is 8.12. The van der Waals surface area contributed by atoms with Crippen molar-refractivity contribution in [3.05, 3.63) is 36.0 Å². The van der Waals surface area contributed by atoms with Crippen molar-refractivity contribution in [3.8, 4) is 0 Å². The maximum atomic E-state index is 11.5. The number of carbonyl (C=O) groups is 1. The highest BCUT2D eigenvalue weighted by atomic mass is 16.5. The second kappa shape index (κ2) is 5.71. The van der Waals surface area contributed by atoms with Crippen molar-refractivity contribution in [2.24, 2.45) is 5.92 Å². The molecule has 1 N–H and O–H groups in total. The molecule has 0 spiro atoms. The summed E-state index contributed by atoms with van der Waals surface area (Å²) in [7, 11) is 0. The molecule has 0 unspecified atom stereocenters. The van der Waals surface area contributed by atoms with Crippen molar-refractivity contribution < 1.29 is 9.53 Å². The number of aryl methyl sites for hydroxylation is 1. The lowest BCUT2D eigenvalue weighted by atomic mass is 10.1. The lowest BCUT2D eigenvalue weighted by molar-refractivity contribution is -0.144. The maximum absolute atomic E-state index is 11.5. The smallest absolute Gasteiger partial charge is 0.306 e. The van der Waals surface area contributed by atoms with Crippen LogP contribution in [-0.2, 0) is 16.0 Å². The van der Waals surface area contributed by atoms with Gasteiger partial charge in [0.05, 0.1) is 6.61 Å². The first kappa shape index (κ1) is 12.7. The summed E-state index contributed by atoms with van der Waals surface area (Å²) in [6.07, 6.45) is 3.13. The van der Waals surface area contributed by atoms with E-state index in [1.54, 1.807) is 0 Å². The first-order valence-corrected chi connectivity index (χ1v) is 6.37. The fraction of sp³-hybridized carbons (Fsp3) is 0.400. The van der Waals surface area contributed by atoms with Crippen LogP contribution in [0.2, 0.25) is 0 Å². The summed E-state index contributed by atoms with van der Waals surface area (Å²) in [4.78, 5) is 14.8. The Bertz CT molecular complexity index is 528. The molecule has 3 heteroatoms. The molecule has 0 atom stereocenters. The molecule has 1 aromatic heterocycles. The van der Waals surface area contributed by atoms with E-state index in [0.29, 0.717) is 18.9 Å². The van der Waals surface area contributed by atoms with Crippen LogP contribution < -0.4 is 0 Å². The van der Waals surface area contributed by atoms with Gasteiger partial charge in [-0.15, -0.1) is 0 Å². The highest BCUT2D eigenvalue weighted by Crippen LogP contribution is 2.19. The van der Waals surface area contributed by atoms with Gasteiger partial charge in [-0.2, -0.15) is 0 Å². The Labute approximate surface area is 107 Å². The van der Waals surface area contributed by atoms with E-state index in [4.69, 9.17) is 4.74 Å². The number of benzene rings is 1. The molecule has 0 fully saturated rings. The summed E-state index contributed by atoms with van der Waals surface area (Å²) in [6.45, 7) is 4.58. The SMILES string of the molecule is CC(C)COC(=O)CCc1c[nH]c2ccccc12. The number of esters is 1. The number of aromatic amines is 1. The van der Waals surface area contributed by atoms with Gasteiger partial charge >= 0.3 is 5.97 Å². The molecule has 18 heavy (non-hydrogen) atoms. The third kappa shape index (κ3) is 3.13. The van der Waals surface area contributed by atoms with Crippen LogP contribution in [0.5, 0.6) is 0 Å². The minimum Gasteiger partial charge on any atom is -0.465 e. The van der Waals surface area contributed by atoms with Crippen LogP contribution in [0.15, 0.2) is 30.5 Å². The zero-order chi connectivity index (χ0) is 13.0. The average Bonchev–Trinajstić information content (AvgIpc) is 2.77. The minimum atomic E-state index is -0.117. The van der Waals surface area contributed by atoms with Crippen molar-refractivity contribution in [2.75, 3.05) is 6.61 Å². The topological polar surface area (TPSA) is 42.1 Å². The fourth-order valence-corrected chi connectivity index (χ4v) is 1.91. The Morgan fingerprint density at radius 3 is 2.89 bits per heavy atom. The van der Waals surface area contributed by atoms with Gasteiger partial charge in [0, 0.05) is 23.5 Å². The molecule has 0 aliphatic carbocycles. The summed E-state index contributed by atoms with van der Waals surface area (Å²) in [5, 5.41) is 1.19. The molecule has 0 aliphatic heterocycles. The highest BCUT2D eigenvalue weighted by Gasteiger charge is 2.08. The molecule has 3 nitrogen and oxygen atoms in total. The van der Waals surface area contributed by atoms with E-state index in [0.717, 1.165) is 11.9 Å².